The second-order valence-electron chi connectivity index (χ2n) is 5.11. The zero-order valence-corrected chi connectivity index (χ0v) is 12.5. The van der Waals surface area contributed by atoms with Crippen LogP contribution in [-0.2, 0) is 4.79 Å². The molecule has 4 nitrogen and oxygen atoms in total. The van der Waals surface area contributed by atoms with E-state index in [1.165, 1.54) is 0 Å². The monoisotopic (exact) mass is 277 g/mol. The molecule has 0 bridgehead atoms. The van der Waals surface area contributed by atoms with Crippen molar-refractivity contribution in [2.45, 2.75) is 38.6 Å². The molecule has 1 fully saturated rings. The van der Waals surface area contributed by atoms with E-state index in [9.17, 15) is 4.79 Å². The van der Waals surface area contributed by atoms with Crippen molar-refractivity contribution in [1.82, 2.24) is 4.90 Å². The average Bonchev–Trinajstić information content (AvgIpc) is 2.96. The molecule has 1 amide bonds. The van der Waals surface area contributed by atoms with Crippen molar-refractivity contribution in [3.8, 4) is 11.5 Å². The molecule has 0 saturated carbocycles. The molecule has 1 saturated heterocycles. The summed E-state index contributed by atoms with van der Waals surface area (Å²) in [5.74, 6) is 1.70. The molecule has 4 heteroatoms. The smallest absolute Gasteiger partial charge is 0.223 e. The van der Waals surface area contributed by atoms with Gasteiger partial charge >= 0.3 is 0 Å². The highest BCUT2D eigenvalue weighted by Crippen LogP contribution is 2.37. The summed E-state index contributed by atoms with van der Waals surface area (Å²) in [6, 6.07) is 6.11. The zero-order chi connectivity index (χ0) is 14.5. The molecule has 110 valence electrons. The van der Waals surface area contributed by atoms with Crippen molar-refractivity contribution in [3.05, 3.63) is 23.8 Å². The third-order valence-electron chi connectivity index (χ3n) is 3.83. The fraction of sp³-hybridized carbons (Fsp3) is 0.562. The average molecular weight is 277 g/mol. The van der Waals surface area contributed by atoms with E-state index in [1.807, 2.05) is 30.0 Å². The zero-order valence-electron chi connectivity index (χ0n) is 12.5. The number of hydrogen-bond donors (Lipinski definition) is 0. The molecular weight excluding hydrogens is 254 g/mol. The summed E-state index contributed by atoms with van der Waals surface area (Å²) in [5.41, 5.74) is 1.13. The van der Waals surface area contributed by atoms with Gasteiger partial charge in [-0.25, -0.2) is 0 Å². The molecule has 1 aliphatic heterocycles. The van der Waals surface area contributed by atoms with Crippen molar-refractivity contribution >= 4 is 5.91 Å². The summed E-state index contributed by atoms with van der Waals surface area (Å²) in [6.45, 7) is 2.90. The Kier molecular flexibility index (Phi) is 4.88. The minimum absolute atomic E-state index is 0.175. The molecule has 1 heterocycles. The van der Waals surface area contributed by atoms with Crippen LogP contribution in [0.5, 0.6) is 11.5 Å². The first-order valence-electron chi connectivity index (χ1n) is 7.22. The van der Waals surface area contributed by atoms with Gasteiger partial charge < -0.3 is 14.4 Å². The summed E-state index contributed by atoms with van der Waals surface area (Å²) >= 11 is 0. The standard InChI is InChI=1S/C16H23NO3/c1-4-6-16(18)17-10-5-7-13(17)12-8-9-14(19-2)15(11-12)20-3/h8-9,11,13H,4-7,10H2,1-3H3. The Morgan fingerprint density at radius 2 is 2.05 bits per heavy atom. The second kappa shape index (κ2) is 6.64. The first-order valence-corrected chi connectivity index (χ1v) is 7.22. The number of amides is 1. The van der Waals surface area contributed by atoms with Gasteiger partial charge in [-0.2, -0.15) is 0 Å². The summed E-state index contributed by atoms with van der Waals surface area (Å²) in [6.07, 6.45) is 3.61. The molecule has 1 unspecified atom stereocenters. The Morgan fingerprint density at radius 3 is 2.70 bits per heavy atom. The maximum Gasteiger partial charge on any atom is 0.223 e. The summed E-state index contributed by atoms with van der Waals surface area (Å²) in [7, 11) is 3.26. The van der Waals surface area contributed by atoms with E-state index in [-0.39, 0.29) is 11.9 Å². The molecule has 2 rings (SSSR count). The van der Waals surface area contributed by atoms with Crippen LogP contribution in [0.25, 0.3) is 0 Å². The Hall–Kier alpha value is -1.71. The summed E-state index contributed by atoms with van der Waals surface area (Å²) in [5, 5.41) is 0. The van der Waals surface area contributed by atoms with Crippen LogP contribution >= 0.6 is 0 Å². The normalized spacial score (nSPS) is 18.1. The Balaban J connectivity index is 2.23. The molecule has 20 heavy (non-hydrogen) atoms. The van der Waals surface area contributed by atoms with Gasteiger partial charge in [0, 0.05) is 13.0 Å². The van der Waals surface area contributed by atoms with Gasteiger partial charge in [-0.05, 0) is 37.0 Å². The molecule has 0 spiro atoms. The highest BCUT2D eigenvalue weighted by Gasteiger charge is 2.29. The van der Waals surface area contributed by atoms with Crippen LogP contribution in [0.15, 0.2) is 18.2 Å². The Morgan fingerprint density at radius 1 is 1.30 bits per heavy atom. The van der Waals surface area contributed by atoms with Crippen molar-refractivity contribution in [1.29, 1.82) is 0 Å². The third kappa shape index (κ3) is 2.89. The SMILES string of the molecule is CCCC(=O)N1CCCC1c1ccc(OC)c(OC)c1. The Bertz CT molecular complexity index is 473. The van der Waals surface area contributed by atoms with Crippen LogP contribution in [0.2, 0.25) is 0 Å². The van der Waals surface area contributed by atoms with Gasteiger partial charge in [-0.15, -0.1) is 0 Å². The van der Waals surface area contributed by atoms with Crippen LogP contribution in [0.1, 0.15) is 44.2 Å². The highest BCUT2D eigenvalue weighted by molar-refractivity contribution is 5.77. The number of rotatable bonds is 5. The molecule has 0 aromatic heterocycles. The number of benzene rings is 1. The first kappa shape index (κ1) is 14.7. The molecular formula is C16H23NO3. The van der Waals surface area contributed by atoms with Gasteiger partial charge in [0.2, 0.25) is 5.91 Å². The van der Waals surface area contributed by atoms with Crippen molar-refractivity contribution in [3.63, 3.8) is 0 Å². The van der Waals surface area contributed by atoms with E-state index in [4.69, 9.17) is 9.47 Å². The first-order chi connectivity index (χ1) is 9.71. The van der Waals surface area contributed by atoms with E-state index >= 15 is 0 Å². The summed E-state index contributed by atoms with van der Waals surface area (Å²) in [4.78, 5) is 14.2. The molecule has 1 aromatic carbocycles. The van der Waals surface area contributed by atoms with E-state index in [0.29, 0.717) is 6.42 Å². The van der Waals surface area contributed by atoms with Gasteiger partial charge in [0.15, 0.2) is 11.5 Å². The minimum Gasteiger partial charge on any atom is -0.493 e. The van der Waals surface area contributed by atoms with E-state index in [2.05, 4.69) is 0 Å². The van der Waals surface area contributed by atoms with Crippen molar-refractivity contribution in [2.75, 3.05) is 20.8 Å². The third-order valence-corrected chi connectivity index (χ3v) is 3.83. The largest absolute Gasteiger partial charge is 0.493 e. The number of hydrogen-bond acceptors (Lipinski definition) is 3. The van der Waals surface area contributed by atoms with Gasteiger partial charge in [0.25, 0.3) is 0 Å². The maximum absolute atomic E-state index is 12.2. The number of carbonyl (C=O) groups is 1. The number of carbonyl (C=O) groups excluding carboxylic acids is 1. The molecule has 0 N–H and O–H groups in total. The predicted octanol–water partition coefficient (Wildman–Crippen LogP) is 3.17. The second-order valence-corrected chi connectivity index (χ2v) is 5.11. The van der Waals surface area contributed by atoms with Crippen LogP contribution in [0.3, 0.4) is 0 Å². The highest BCUT2D eigenvalue weighted by atomic mass is 16.5. The van der Waals surface area contributed by atoms with Crippen LogP contribution < -0.4 is 9.47 Å². The number of nitrogens with zero attached hydrogens (tertiary/aromatic N) is 1. The van der Waals surface area contributed by atoms with Crippen molar-refractivity contribution < 1.29 is 14.3 Å². The predicted molar refractivity (Wildman–Crippen MR) is 78.1 cm³/mol. The minimum atomic E-state index is 0.175. The topological polar surface area (TPSA) is 38.8 Å². The van der Waals surface area contributed by atoms with Crippen LogP contribution in [0.4, 0.5) is 0 Å². The van der Waals surface area contributed by atoms with E-state index in [1.54, 1.807) is 14.2 Å². The lowest BCUT2D eigenvalue weighted by Gasteiger charge is -2.25. The molecule has 1 atom stereocenters. The number of methoxy groups -OCH3 is 2. The molecule has 1 aromatic rings. The van der Waals surface area contributed by atoms with Gasteiger partial charge in [-0.3, -0.25) is 4.79 Å². The molecule has 0 aliphatic carbocycles. The van der Waals surface area contributed by atoms with Crippen LogP contribution in [0, 0.1) is 0 Å². The lowest BCUT2D eigenvalue weighted by Crippen LogP contribution is -2.30. The van der Waals surface area contributed by atoms with Crippen molar-refractivity contribution in [2.24, 2.45) is 0 Å². The molecule has 1 aliphatic rings. The van der Waals surface area contributed by atoms with Gasteiger partial charge in [0.05, 0.1) is 20.3 Å². The maximum atomic E-state index is 12.2. The Labute approximate surface area is 120 Å². The fourth-order valence-electron chi connectivity index (χ4n) is 2.83. The summed E-state index contributed by atoms with van der Waals surface area (Å²) < 4.78 is 10.6. The fourth-order valence-corrected chi connectivity index (χ4v) is 2.83. The van der Waals surface area contributed by atoms with Gasteiger partial charge in [-0.1, -0.05) is 13.0 Å². The number of ether oxygens (including phenoxy) is 2. The van der Waals surface area contributed by atoms with E-state index in [0.717, 1.165) is 42.9 Å². The lowest BCUT2D eigenvalue weighted by molar-refractivity contribution is -0.132. The quantitative estimate of drug-likeness (QED) is 0.829. The van der Waals surface area contributed by atoms with Gasteiger partial charge in [0.1, 0.15) is 0 Å². The molecule has 0 radical (unpaired) electrons. The van der Waals surface area contributed by atoms with Crippen LogP contribution in [-0.4, -0.2) is 31.6 Å². The lowest BCUT2D eigenvalue weighted by atomic mass is 10.0. The number of likely N-dealkylation sites (tertiary alicyclic amines) is 1. The van der Waals surface area contributed by atoms with E-state index < -0.39 is 0 Å².